The number of aromatic nitrogens is 1. The molecule has 0 radical (unpaired) electrons. The summed E-state index contributed by atoms with van der Waals surface area (Å²) in [4.78, 5) is 43.8. The molecule has 0 aliphatic carbocycles. The molecule has 0 spiro atoms. The van der Waals surface area contributed by atoms with E-state index in [2.05, 4.69) is 15.6 Å². The number of alkyl halides is 3. The SMILES string of the molecule is Cc1c(Oc2ccccc2C(=O)Nc2ccccc2)c(-c2ccccn2)c(C(=O)NCc2ccccc2)c(C(F)(F)F)c1C(=O)O. The minimum Gasteiger partial charge on any atom is -0.478 e. The second-order valence-corrected chi connectivity index (χ2v) is 10.1. The third-order valence-electron chi connectivity index (χ3n) is 7.01. The number of benzene rings is 4. The van der Waals surface area contributed by atoms with Crippen molar-refractivity contribution in [1.82, 2.24) is 10.3 Å². The van der Waals surface area contributed by atoms with E-state index in [1.807, 2.05) is 0 Å². The molecule has 0 unspecified atom stereocenters. The zero-order valence-electron chi connectivity index (χ0n) is 24.3. The number of halogens is 3. The van der Waals surface area contributed by atoms with Crippen molar-refractivity contribution >= 4 is 23.5 Å². The highest BCUT2D eigenvalue weighted by molar-refractivity contribution is 6.09. The maximum atomic E-state index is 14.8. The number of carboxylic acid groups (broad SMARTS) is 1. The summed E-state index contributed by atoms with van der Waals surface area (Å²) in [7, 11) is 0. The van der Waals surface area contributed by atoms with Gasteiger partial charge in [0.2, 0.25) is 0 Å². The van der Waals surface area contributed by atoms with Gasteiger partial charge in [-0.15, -0.1) is 0 Å². The van der Waals surface area contributed by atoms with E-state index in [0.29, 0.717) is 11.3 Å². The molecule has 1 heterocycles. The molecule has 1 aromatic heterocycles. The maximum Gasteiger partial charge on any atom is 0.418 e. The summed E-state index contributed by atoms with van der Waals surface area (Å²) in [5.74, 6) is -4.18. The number of nitrogens with zero attached hydrogens (tertiary/aromatic N) is 1. The fourth-order valence-corrected chi connectivity index (χ4v) is 4.95. The first-order chi connectivity index (χ1) is 22.1. The average Bonchev–Trinajstić information content (AvgIpc) is 3.05. The number of carboxylic acids is 1. The van der Waals surface area contributed by atoms with Crippen molar-refractivity contribution in [2.75, 3.05) is 5.32 Å². The Morgan fingerprint density at radius 3 is 2.07 bits per heavy atom. The van der Waals surface area contributed by atoms with Gasteiger partial charge in [-0.05, 0) is 48.9 Å². The Hall–Kier alpha value is -5.97. The van der Waals surface area contributed by atoms with Crippen molar-refractivity contribution in [3.63, 3.8) is 0 Å². The summed E-state index contributed by atoms with van der Waals surface area (Å²) in [5.41, 5.74) is -3.60. The molecule has 0 aliphatic heterocycles. The van der Waals surface area contributed by atoms with Crippen LogP contribution in [0.2, 0.25) is 0 Å². The largest absolute Gasteiger partial charge is 0.478 e. The Morgan fingerprint density at radius 2 is 1.43 bits per heavy atom. The summed E-state index contributed by atoms with van der Waals surface area (Å²) in [6, 6.07) is 27.4. The van der Waals surface area contributed by atoms with Gasteiger partial charge < -0.3 is 20.5 Å². The number of amides is 2. The lowest BCUT2D eigenvalue weighted by Crippen LogP contribution is -2.29. The molecule has 0 fully saturated rings. The van der Waals surface area contributed by atoms with Crippen LogP contribution in [0.1, 0.15) is 47.8 Å². The van der Waals surface area contributed by atoms with Gasteiger partial charge in [-0.2, -0.15) is 13.2 Å². The molecule has 11 heteroatoms. The van der Waals surface area contributed by atoms with Crippen molar-refractivity contribution < 1.29 is 37.4 Å². The quantitative estimate of drug-likeness (QED) is 0.154. The first-order valence-corrected chi connectivity index (χ1v) is 13.9. The number of aromatic carboxylic acids is 1. The highest BCUT2D eigenvalue weighted by Gasteiger charge is 2.44. The van der Waals surface area contributed by atoms with E-state index in [9.17, 15) is 32.7 Å². The van der Waals surface area contributed by atoms with Crippen LogP contribution in [-0.2, 0) is 12.7 Å². The van der Waals surface area contributed by atoms with Crippen molar-refractivity contribution in [2.45, 2.75) is 19.6 Å². The number of carbonyl (C=O) groups is 3. The van der Waals surface area contributed by atoms with Crippen LogP contribution >= 0.6 is 0 Å². The van der Waals surface area contributed by atoms with Gasteiger partial charge in [0.1, 0.15) is 11.5 Å². The summed E-state index contributed by atoms with van der Waals surface area (Å²) in [6.07, 6.45) is -3.95. The smallest absolute Gasteiger partial charge is 0.418 e. The van der Waals surface area contributed by atoms with Gasteiger partial charge in [0.25, 0.3) is 11.8 Å². The highest BCUT2D eigenvalue weighted by atomic mass is 19.4. The lowest BCUT2D eigenvalue weighted by molar-refractivity contribution is -0.138. The topological polar surface area (TPSA) is 118 Å². The molecular weight excluding hydrogens is 599 g/mol. The Bertz CT molecular complexity index is 1900. The van der Waals surface area contributed by atoms with E-state index in [1.54, 1.807) is 72.8 Å². The summed E-state index contributed by atoms with van der Waals surface area (Å²) < 4.78 is 50.7. The number of hydrogen-bond acceptors (Lipinski definition) is 5. The number of anilines is 1. The molecule has 0 saturated carbocycles. The number of ether oxygens (including phenoxy) is 1. The fourth-order valence-electron chi connectivity index (χ4n) is 4.95. The standard InChI is InChI=1S/C35H26F3N3O5/c1-21-27(34(44)45)30(35(36,37)38)29(33(43)40-20-22-12-4-2-5-13-22)28(25-17-10-11-19-39-25)31(21)46-26-18-9-8-16-24(26)32(42)41-23-14-6-3-7-15-23/h2-19H,20H2,1H3,(H,40,43)(H,41,42)(H,44,45). The molecule has 46 heavy (non-hydrogen) atoms. The van der Waals surface area contributed by atoms with E-state index < -0.39 is 46.2 Å². The van der Waals surface area contributed by atoms with Crippen molar-refractivity contribution in [3.8, 4) is 22.8 Å². The number of nitrogens with one attached hydrogen (secondary N) is 2. The minimum absolute atomic E-state index is 0.00424. The van der Waals surface area contributed by atoms with Gasteiger partial charge in [-0.3, -0.25) is 14.6 Å². The highest BCUT2D eigenvalue weighted by Crippen LogP contribution is 2.47. The third-order valence-corrected chi connectivity index (χ3v) is 7.01. The van der Waals surface area contributed by atoms with E-state index in [-0.39, 0.29) is 34.9 Å². The summed E-state index contributed by atoms with van der Waals surface area (Å²) >= 11 is 0. The van der Waals surface area contributed by atoms with Crippen LogP contribution in [0.4, 0.5) is 18.9 Å². The van der Waals surface area contributed by atoms with Crippen molar-refractivity contribution in [2.24, 2.45) is 0 Å². The molecule has 0 saturated heterocycles. The predicted molar refractivity (Wildman–Crippen MR) is 165 cm³/mol. The first-order valence-electron chi connectivity index (χ1n) is 13.9. The molecule has 2 amide bonds. The maximum absolute atomic E-state index is 14.8. The molecule has 8 nitrogen and oxygen atoms in total. The van der Waals surface area contributed by atoms with Crippen LogP contribution < -0.4 is 15.4 Å². The van der Waals surface area contributed by atoms with Crippen LogP contribution in [0.25, 0.3) is 11.3 Å². The zero-order chi connectivity index (χ0) is 32.8. The van der Waals surface area contributed by atoms with Gasteiger partial charge >= 0.3 is 12.1 Å². The molecule has 5 aromatic rings. The van der Waals surface area contributed by atoms with Gasteiger partial charge in [0, 0.05) is 24.0 Å². The minimum atomic E-state index is -5.27. The lowest BCUT2D eigenvalue weighted by atomic mass is 9.88. The second kappa shape index (κ2) is 13.3. The Labute approximate surface area is 261 Å². The molecule has 5 rings (SSSR count). The van der Waals surface area contributed by atoms with E-state index in [1.165, 1.54) is 36.5 Å². The van der Waals surface area contributed by atoms with Crippen molar-refractivity contribution in [3.05, 3.63) is 143 Å². The van der Waals surface area contributed by atoms with Crippen molar-refractivity contribution in [1.29, 1.82) is 0 Å². The molecule has 3 N–H and O–H groups in total. The molecule has 0 aliphatic rings. The first kappa shape index (κ1) is 31.5. The third kappa shape index (κ3) is 6.73. The molecular formula is C35H26F3N3O5. The Balaban J connectivity index is 1.74. The van der Waals surface area contributed by atoms with Gasteiger partial charge in [-0.1, -0.05) is 66.7 Å². The lowest BCUT2D eigenvalue weighted by Gasteiger charge is -2.25. The number of carbonyl (C=O) groups excluding carboxylic acids is 2. The predicted octanol–water partition coefficient (Wildman–Crippen LogP) is 7.75. The molecule has 0 bridgehead atoms. The summed E-state index contributed by atoms with van der Waals surface area (Å²) in [6.45, 7) is 1.01. The van der Waals surface area contributed by atoms with E-state index in [0.717, 1.165) is 6.92 Å². The fraction of sp³-hybridized carbons (Fsp3) is 0.0857. The van der Waals surface area contributed by atoms with Crippen LogP contribution in [0.3, 0.4) is 0 Å². The monoisotopic (exact) mass is 625 g/mol. The second-order valence-electron chi connectivity index (χ2n) is 10.1. The van der Waals surface area contributed by atoms with Crippen LogP contribution in [0.5, 0.6) is 11.5 Å². The van der Waals surface area contributed by atoms with Gasteiger partial charge in [0.05, 0.1) is 33.5 Å². The van der Waals surface area contributed by atoms with E-state index in [4.69, 9.17) is 4.74 Å². The number of hydrogen-bond donors (Lipinski definition) is 3. The molecule has 4 aromatic carbocycles. The molecule has 0 atom stereocenters. The van der Waals surface area contributed by atoms with Crippen LogP contribution in [-0.4, -0.2) is 27.9 Å². The summed E-state index contributed by atoms with van der Waals surface area (Å²) in [5, 5.41) is 15.3. The van der Waals surface area contributed by atoms with Crippen LogP contribution in [0.15, 0.2) is 109 Å². The number of para-hydroxylation sites is 2. The normalized spacial score (nSPS) is 11.0. The van der Waals surface area contributed by atoms with E-state index >= 15 is 0 Å². The zero-order valence-corrected chi connectivity index (χ0v) is 24.3. The number of rotatable bonds is 9. The Morgan fingerprint density at radius 1 is 0.804 bits per heavy atom. The molecule has 232 valence electrons. The van der Waals surface area contributed by atoms with Crippen LogP contribution in [0, 0.1) is 6.92 Å². The Kier molecular flexibility index (Phi) is 9.13. The van der Waals surface area contributed by atoms with Gasteiger partial charge in [-0.25, -0.2) is 4.79 Å². The average molecular weight is 626 g/mol. The number of pyridine rings is 1. The van der Waals surface area contributed by atoms with Gasteiger partial charge in [0.15, 0.2) is 0 Å².